The van der Waals surface area contributed by atoms with E-state index in [1.807, 2.05) is 0 Å². The van der Waals surface area contributed by atoms with Crippen LogP contribution in [0.5, 0.6) is 0 Å². The molecule has 1 fully saturated rings. The molecule has 40 heavy (non-hydrogen) atoms. The molecule has 0 atom stereocenters. The summed E-state index contributed by atoms with van der Waals surface area (Å²) in [5, 5.41) is 5.02. The van der Waals surface area contributed by atoms with Gasteiger partial charge in [0.2, 0.25) is 0 Å². The molecule has 0 bridgehead atoms. The lowest BCUT2D eigenvalue weighted by Gasteiger charge is -2.28. The third kappa shape index (κ3) is 5.72. The molecule has 3 N–H and O–H groups in total. The molecule has 3 aromatic rings. The average molecular weight is 581 g/mol. The van der Waals surface area contributed by atoms with Crippen molar-refractivity contribution >= 4 is 47.1 Å². The van der Waals surface area contributed by atoms with Gasteiger partial charge < -0.3 is 20.1 Å². The Hall–Kier alpha value is -4.17. The topological polar surface area (TPSA) is 102 Å². The zero-order valence-corrected chi connectivity index (χ0v) is 21.7. The molecule has 0 aromatic heterocycles. The van der Waals surface area contributed by atoms with Crippen LogP contribution in [0.1, 0.15) is 25.0 Å². The summed E-state index contributed by atoms with van der Waals surface area (Å²) in [6.45, 7) is 2.41. The van der Waals surface area contributed by atoms with Gasteiger partial charge in [-0.2, -0.15) is 13.2 Å². The number of anilines is 3. The van der Waals surface area contributed by atoms with Gasteiger partial charge in [0, 0.05) is 22.6 Å². The van der Waals surface area contributed by atoms with Crippen LogP contribution in [0, 0.1) is 11.6 Å². The van der Waals surface area contributed by atoms with Gasteiger partial charge in [-0.25, -0.2) is 23.3 Å². The standard InChI is InChI=1S/C26H21F5N4O4S/c1-25(2)22(36)35(17-7-10-20(28)19(12-17)26(29,30)31)24(38)34(25)13-14-3-4-15(27)11-21(14)33-23(37)32-16-5-8-18(40-39)9-6-16/h3-12,39H,13H2,1-2H3,(H2,32,33,37). The van der Waals surface area contributed by atoms with Crippen molar-refractivity contribution in [2.75, 3.05) is 15.5 Å². The molecule has 1 saturated heterocycles. The van der Waals surface area contributed by atoms with E-state index in [-0.39, 0.29) is 17.8 Å². The third-order valence-electron chi connectivity index (χ3n) is 6.20. The quantitative estimate of drug-likeness (QED) is 0.167. The average Bonchev–Trinajstić information content (AvgIpc) is 3.04. The number of hydrogen-bond donors (Lipinski definition) is 3. The Morgan fingerprint density at radius 3 is 2.27 bits per heavy atom. The molecule has 14 heteroatoms. The van der Waals surface area contributed by atoms with E-state index in [9.17, 15) is 36.3 Å². The molecule has 5 amide bonds. The van der Waals surface area contributed by atoms with Crippen LogP contribution in [0.15, 0.2) is 65.6 Å². The van der Waals surface area contributed by atoms with Crippen molar-refractivity contribution in [2.24, 2.45) is 0 Å². The van der Waals surface area contributed by atoms with Crippen LogP contribution in [0.25, 0.3) is 0 Å². The van der Waals surface area contributed by atoms with Gasteiger partial charge in [0.15, 0.2) is 0 Å². The van der Waals surface area contributed by atoms with E-state index in [4.69, 9.17) is 4.55 Å². The first-order chi connectivity index (χ1) is 18.7. The largest absolute Gasteiger partial charge is 0.419 e. The summed E-state index contributed by atoms with van der Waals surface area (Å²) in [5.74, 6) is -3.13. The Morgan fingerprint density at radius 2 is 1.65 bits per heavy atom. The summed E-state index contributed by atoms with van der Waals surface area (Å²) in [6.07, 6.45) is -5.06. The van der Waals surface area contributed by atoms with Gasteiger partial charge in [-0.15, -0.1) is 0 Å². The third-order valence-corrected chi connectivity index (χ3v) is 6.69. The maximum atomic E-state index is 14.1. The van der Waals surface area contributed by atoms with E-state index in [0.29, 0.717) is 39.7 Å². The predicted octanol–water partition coefficient (Wildman–Crippen LogP) is 6.94. The second-order valence-corrected chi connectivity index (χ2v) is 9.88. The van der Waals surface area contributed by atoms with Crippen molar-refractivity contribution in [2.45, 2.75) is 37.0 Å². The van der Waals surface area contributed by atoms with Crippen molar-refractivity contribution in [3.05, 3.63) is 83.4 Å². The van der Waals surface area contributed by atoms with E-state index in [2.05, 4.69) is 10.6 Å². The molecular formula is C26H21F5N4O4S. The summed E-state index contributed by atoms with van der Waals surface area (Å²) < 4.78 is 76.7. The number of imide groups is 1. The molecule has 210 valence electrons. The number of carbonyl (C=O) groups is 3. The predicted molar refractivity (Wildman–Crippen MR) is 138 cm³/mol. The minimum Gasteiger partial charge on any atom is -0.325 e. The Kier molecular flexibility index (Phi) is 7.76. The highest BCUT2D eigenvalue weighted by molar-refractivity contribution is 7.93. The maximum Gasteiger partial charge on any atom is 0.419 e. The Balaban J connectivity index is 1.60. The lowest BCUT2D eigenvalue weighted by Crippen LogP contribution is -2.43. The van der Waals surface area contributed by atoms with Gasteiger partial charge in [-0.3, -0.25) is 4.79 Å². The van der Waals surface area contributed by atoms with Crippen molar-refractivity contribution in [1.82, 2.24) is 4.90 Å². The number of rotatable bonds is 6. The van der Waals surface area contributed by atoms with Crippen LogP contribution in [-0.2, 0) is 17.5 Å². The second-order valence-electron chi connectivity index (χ2n) is 9.23. The van der Waals surface area contributed by atoms with Gasteiger partial charge in [0.05, 0.1) is 23.5 Å². The number of alkyl halides is 3. The zero-order valence-electron chi connectivity index (χ0n) is 20.8. The fraction of sp³-hybridized carbons (Fsp3) is 0.192. The van der Waals surface area contributed by atoms with Crippen molar-refractivity contribution in [1.29, 1.82) is 0 Å². The second kappa shape index (κ2) is 10.8. The van der Waals surface area contributed by atoms with Crippen LogP contribution in [0.4, 0.5) is 48.6 Å². The SMILES string of the molecule is CC1(C)C(=O)N(c2ccc(F)c(C(F)(F)F)c2)C(=O)N1Cc1ccc(F)cc1NC(=O)Nc1ccc(SO)cc1. The minimum absolute atomic E-state index is 0.0318. The zero-order chi connectivity index (χ0) is 29.4. The first kappa shape index (κ1) is 28.8. The Morgan fingerprint density at radius 1 is 0.975 bits per heavy atom. The normalized spacial score (nSPS) is 15.0. The van der Waals surface area contributed by atoms with Crippen LogP contribution in [0.2, 0.25) is 0 Å². The summed E-state index contributed by atoms with van der Waals surface area (Å²) in [6, 6.07) is 9.56. The van der Waals surface area contributed by atoms with Crippen molar-refractivity contribution in [3.63, 3.8) is 0 Å². The van der Waals surface area contributed by atoms with Crippen LogP contribution < -0.4 is 15.5 Å². The van der Waals surface area contributed by atoms with Crippen LogP contribution in [-0.4, -0.2) is 33.0 Å². The molecule has 0 aliphatic carbocycles. The minimum atomic E-state index is -5.06. The number of nitrogens with one attached hydrogen (secondary N) is 2. The van der Waals surface area contributed by atoms with E-state index < -0.39 is 52.6 Å². The molecule has 1 heterocycles. The maximum absolute atomic E-state index is 14.1. The Bertz CT molecular complexity index is 1480. The van der Waals surface area contributed by atoms with Gasteiger partial charge in [0.25, 0.3) is 5.91 Å². The molecule has 0 radical (unpaired) electrons. The van der Waals surface area contributed by atoms with E-state index >= 15 is 0 Å². The molecule has 1 aliphatic rings. The molecular weight excluding hydrogens is 559 g/mol. The van der Waals surface area contributed by atoms with Crippen molar-refractivity contribution in [3.8, 4) is 0 Å². The summed E-state index contributed by atoms with van der Waals surface area (Å²) in [4.78, 5) is 41.2. The number of amides is 5. The number of benzene rings is 3. The summed E-state index contributed by atoms with van der Waals surface area (Å²) in [7, 11) is 0. The highest BCUT2D eigenvalue weighted by atomic mass is 32.2. The number of halogens is 5. The highest BCUT2D eigenvalue weighted by Crippen LogP contribution is 2.38. The number of hydrogen-bond acceptors (Lipinski definition) is 5. The molecule has 3 aromatic carbocycles. The van der Waals surface area contributed by atoms with E-state index in [0.717, 1.165) is 23.1 Å². The monoisotopic (exact) mass is 580 g/mol. The smallest absolute Gasteiger partial charge is 0.325 e. The highest BCUT2D eigenvalue weighted by Gasteiger charge is 2.52. The fourth-order valence-electron chi connectivity index (χ4n) is 4.06. The Labute approximate surface area is 229 Å². The molecule has 0 unspecified atom stereocenters. The molecule has 1 aliphatic heterocycles. The summed E-state index contributed by atoms with van der Waals surface area (Å²) >= 11 is 0.522. The van der Waals surface area contributed by atoms with Gasteiger partial charge in [-0.05, 0) is 74.0 Å². The summed E-state index contributed by atoms with van der Waals surface area (Å²) in [5.41, 5.74) is -3.12. The fourth-order valence-corrected chi connectivity index (χ4v) is 4.31. The van der Waals surface area contributed by atoms with Crippen LogP contribution in [0.3, 0.4) is 0 Å². The first-order valence-electron chi connectivity index (χ1n) is 11.5. The van der Waals surface area contributed by atoms with Gasteiger partial charge >= 0.3 is 18.2 Å². The van der Waals surface area contributed by atoms with E-state index in [1.165, 1.54) is 32.0 Å². The van der Waals surface area contributed by atoms with Gasteiger partial charge in [-0.1, -0.05) is 6.07 Å². The lowest BCUT2D eigenvalue weighted by atomic mass is 10.0. The first-order valence-corrected chi connectivity index (χ1v) is 12.3. The molecule has 8 nitrogen and oxygen atoms in total. The van der Waals surface area contributed by atoms with Crippen LogP contribution >= 0.6 is 12.0 Å². The van der Waals surface area contributed by atoms with Crippen molar-refractivity contribution < 1.29 is 40.9 Å². The lowest BCUT2D eigenvalue weighted by molar-refractivity contribution is -0.140. The van der Waals surface area contributed by atoms with Gasteiger partial charge in [0.1, 0.15) is 17.2 Å². The molecule has 0 saturated carbocycles. The molecule has 4 rings (SSSR count). The number of carbonyl (C=O) groups excluding carboxylic acids is 3. The number of nitrogens with zero attached hydrogens (tertiary/aromatic N) is 2. The van der Waals surface area contributed by atoms with E-state index in [1.54, 1.807) is 12.1 Å². The number of urea groups is 2. The molecule has 0 spiro atoms.